The lowest BCUT2D eigenvalue weighted by atomic mass is 10.0. The highest BCUT2D eigenvalue weighted by atomic mass is 16.5. The number of ether oxygens (including phenoxy) is 1. The summed E-state index contributed by atoms with van der Waals surface area (Å²) in [5, 5.41) is 4.45. The van der Waals surface area contributed by atoms with Crippen LogP contribution in [0.25, 0.3) is 5.52 Å². The first kappa shape index (κ1) is 15.7. The number of rotatable bonds is 2. The molecule has 0 aliphatic carbocycles. The molecule has 5 heterocycles. The zero-order valence-corrected chi connectivity index (χ0v) is 15.1. The summed E-state index contributed by atoms with van der Waals surface area (Å²) in [5.74, 6) is 2.19. The van der Waals surface area contributed by atoms with Gasteiger partial charge in [0.25, 0.3) is 0 Å². The van der Waals surface area contributed by atoms with Gasteiger partial charge >= 0.3 is 0 Å². The maximum absolute atomic E-state index is 5.60. The van der Waals surface area contributed by atoms with Crippen molar-refractivity contribution in [2.45, 2.75) is 39.2 Å². The predicted molar refractivity (Wildman–Crippen MR) is 97.4 cm³/mol. The Hall–Kier alpha value is -2.54. The number of nitrogens with zero attached hydrogens (tertiary/aromatic N) is 6. The summed E-state index contributed by atoms with van der Waals surface area (Å²) < 4.78 is 7.53. The minimum Gasteiger partial charge on any atom is -0.381 e. The molecule has 0 radical (unpaired) electrons. The van der Waals surface area contributed by atoms with Crippen LogP contribution in [-0.4, -0.2) is 44.3 Å². The van der Waals surface area contributed by atoms with E-state index >= 15 is 0 Å². The van der Waals surface area contributed by atoms with E-state index in [4.69, 9.17) is 14.7 Å². The molecule has 0 unspecified atom stereocenters. The number of hydrogen-bond donors (Lipinski definition) is 0. The van der Waals surface area contributed by atoms with Crippen molar-refractivity contribution in [1.29, 1.82) is 0 Å². The number of imidazole rings is 1. The van der Waals surface area contributed by atoms with E-state index in [1.807, 2.05) is 18.4 Å². The maximum atomic E-state index is 5.60. The Morgan fingerprint density at radius 1 is 1.19 bits per heavy atom. The number of pyridine rings is 1. The number of aromatic nitrogens is 5. The van der Waals surface area contributed by atoms with Crippen LogP contribution < -0.4 is 4.90 Å². The highest BCUT2D eigenvalue weighted by molar-refractivity contribution is 5.73. The predicted octanol–water partition coefficient (Wildman–Crippen LogP) is 2.20. The number of hydrogen-bond acceptors (Lipinski definition) is 6. The molecule has 0 aromatic carbocycles. The molecular formula is C19H22N6O. The van der Waals surface area contributed by atoms with E-state index in [1.165, 1.54) is 11.3 Å². The Kier molecular flexibility index (Phi) is 3.63. The summed E-state index contributed by atoms with van der Waals surface area (Å²) in [6.07, 6.45) is 3.57. The standard InChI is InChI=1S/C19H22N6O/c1-12-3-4-14-9-24(7-5-16(14)22-12)19-18-17(15-6-8-26-10-15)23-13(2)25(18)21-11-20-19/h3-4,11,15H,5-10H2,1-2H3/t15-/m1/s1. The van der Waals surface area contributed by atoms with Gasteiger partial charge in [-0.05, 0) is 31.9 Å². The molecule has 1 atom stereocenters. The lowest BCUT2D eigenvalue weighted by Gasteiger charge is -2.29. The highest BCUT2D eigenvalue weighted by Gasteiger charge is 2.28. The Balaban J connectivity index is 1.60. The molecule has 7 nitrogen and oxygen atoms in total. The van der Waals surface area contributed by atoms with Crippen LogP contribution in [0.4, 0.5) is 5.82 Å². The van der Waals surface area contributed by atoms with Gasteiger partial charge in [0.2, 0.25) is 0 Å². The lowest BCUT2D eigenvalue weighted by molar-refractivity contribution is 0.193. The molecule has 0 bridgehead atoms. The third-order valence-corrected chi connectivity index (χ3v) is 5.41. The van der Waals surface area contributed by atoms with Crippen molar-refractivity contribution in [3.63, 3.8) is 0 Å². The lowest BCUT2D eigenvalue weighted by Crippen LogP contribution is -2.32. The summed E-state index contributed by atoms with van der Waals surface area (Å²) in [6.45, 7) is 7.30. The van der Waals surface area contributed by atoms with Crippen LogP contribution in [0.15, 0.2) is 18.5 Å². The topological polar surface area (TPSA) is 68.4 Å². The SMILES string of the molecule is Cc1ccc2c(n1)CCN(c1ncnn3c(C)nc([C@@H]4CCOC4)c13)C2. The third kappa shape index (κ3) is 2.46. The summed E-state index contributed by atoms with van der Waals surface area (Å²) in [5.41, 5.74) is 5.67. The van der Waals surface area contributed by atoms with Crippen LogP contribution >= 0.6 is 0 Å². The molecular weight excluding hydrogens is 328 g/mol. The van der Waals surface area contributed by atoms with Crippen molar-refractivity contribution in [3.8, 4) is 0 Å². The van der Waals surface area contributed by atoms with E-state index in [1.54, 1.807) is 6.33 Å². The Morgan fingerprint density at radius 3 is 2.96 bits per heavy atom. The average molecular weight is 350 g/mol. The molecule has 1 saturated heterocycles. The van der Waals surface area contributed by atoms with Crippen LogP contribution in [0.2, 0.25) is 0 Å². The van der Waals surface area contributed by atoms with Crippen LogP contribution in [0.3, 0.4) is 0 Å². The van der Waals surface area contributed by atoms with Gasteiger partial charge in [-0.3, -0.25) is 4.98 Å². The minimum absolute atomic E-state index is 0.324. The van der Waals surface area contributed by atoms with E-state index in [2.05, 4.69) is 27.1 Å². The first-order valence-corrected chi connectivity index (χ1v) is 9.19. The second-order valence-corrected chi connectivity index (χ2v) is 7.18. The van der Waals surface area contributed by atoms with Crippen molar-refractivity contribution >= 4 is 11.3 Å². The molecule has 2 aliphatic rings. The van der Waals surface area contributed by atoms with Crippen molar-refractivity contribution in [2.75, 3.05) is 24.7 Å². The molecule has 0 amide bonds. The highest BCUT2D eigenvalue weighted by Crippen LogP contribution is 2.33. The van der Waals surface area contributed by atoms with Gasteiger partial charge in [0, 0.05) is 43.4 Å². The van der Waals surface area contributed by atoms with Gasteiger partial charge in [-0.2, -0.15) is 5.10 Å². The van der Waals surface area contributed by atoms with Crippen LogP contribution in [-0.2, 0) is 17.7 Å². The fourth-order valence-electron chi connectivity index (χ4n) is 4.06. The minimum atomic E-state index is 0.324. The largest absolute Gasteiger partial charge is 0.381 e. The normalized spacial score (nSPS) is 19.9. The molecule has 26 heavy (non-hydrogen) atoms. The van der Waals surface area contributed by atoms with Gasteiger partial charge in [-0.1, -0.05) is 6.07 Å². The molecule has 3 aromatic rings. The molecule has 2 aliphatic heterocycles. The van der Waals surface area contributed by atoms with E-state index in [0.717, 1.165) is 67.7 Å². The first-order valence-electron chi connectivity index (χ1n) is 9.19. The second kappa shape index (κ2) is 6.02. The van der Waals surface area contributed by atoms with Crippen molar-refractivity contribution in [1.82, 2.24) is 24.6 Å². The Bertz CT molecular complexity index is 976. The summed E-state index contributed by atoms with van der Waals surface area (Å²) in [7, 11) is 0. The molecule has 0 saturated carbocycles. The summed E-state index contributed by atoms with van der Waals surface area (Å²) >= 11 is 0. The van der Waals surface area contributed by atoms with Crippen molar-refractivity contribution < 1.29 is 4.74 Å². The fourth-order valence-corrected chi connectivity index (χ4v) is 4.06. The van der Waals surface area contributed by atoms with E-state index in [-0.39, 0.29) is 0 Å². The smallest absolute Gasteiger partial charge is 0.158 e. The molecule has 7 heteroatoms. The van der Waals surface area contributed by atoms with Gasteiger partial charge < -0.3 is 9.64 Å². The maximum Gasteiger partial charge on any atom is 0.158 e. The summed E-state index contributed by atoms with van der Waals surface area (Å²) in [6, 6.07) is 4.28. The average Bonchev–Trinajstić information content (AvgIpc) is 3.29. The van der Waals surface area contributed by atoms with Crippen LogP contribution in [0, 0.1) is 13.8 Å². The van der Waals surface area contributed by atoms with Gasteiger partial charge in [0.15, 0.2) is 5.82 Å². The van der Waals surface area contributed by atoms with Crippen molar-refractivity contribution in [2.24, 2.45) is 0 Å². The zero-order chi connectivity index (χ0) is 17.7. The monoisotopic (exact) mass is 350 g/mol. The fraction of sp³-hybridized carbons (Fsp3) is 0.474. The van der Waals surface area contributed by atoms with Gasteiger partial charge in [-0.15, -0.1) is 0 Å². The van der Waals surface area contributed by atoms with Gasteiger partial charge in [0.1, 0.15) is 17.7 Å². The molecule has 5 rings (SSSR count). The molecule has 0 spiro atoms. The Morgan fingerprint density at radius 2 is 2.12 bits per heavy atom. The first-order chi connectivity index (χ1) is 12.7. The van der Waals surface area contributed by atoms with E-state index < -0.39 is 0 Å². The number of anilines is 1. The Labute approximate surface area is 152 Å². The van der Waals surface area contributed by atoms with Crippen molar-refractivity contribution in [3.05, 3.63) is 46.9 Å². The number of fused-ring (bicyclic) bond motifs is 2. The van der Waals surface area contributed by atoms with E-state index in [9.17, 15) is 0 Å². The molecule has 3 aromatic heterocycles. The number of aryl methyl sites for hydroxylation is 2. The van der Waals surface area contributed by atoms with Gasteiger partial charge in [0.05, 0.1) is 12.3 Å². The van der Waals surface area contributed by atoms with Gasteiger partial charge in [-0.25, -0.2) is 14.5 Å². The van der Waals surface area contributed by atoms with E-state index in [0.29, 0.717) is 5.92 Å². The second-order valence-electron chi connectivity index (χ2n) is 7.18. The summed E-state index contributed by atoms with van der Waals surface area (Å²) in [4.78, 5) is 16.5. The quantitative estimate of drug-likeness (QED) is 0.706. The molecule has 0 N–H and O–H groups in total. The molecule has 1 fully saturated rings. The third-order valence-electron chi connectivity index (χ3n) is 5.41. The van der Waals surface area contributed by atoms with Crippen LogP contribution in [0.5, 0.6) is 0 Å². The molecule has 134 valence electrons. The van der Waals surface area contributed by atoms with Crippen LogP contribution in [0.1, 0.15) is 40.8 Å². The zero-order valence-electron chi connectivity index (χ0n) is 15.1.